The topological polar surface area (TPSA) is 49.4 Å². The molecule has 29 heavy (non-hydrogen) atoms. The Balaban J connectivity index is 2.08. The van der Waals surface area contributed by atoms with Gasteiger partial charge < -0.3 is 10.2 Å². The van der Waals surface area contributed by atoms with Crippen molar-refractivity contribution in [1.82, 2.24) is 10.2 Å². The van der Waals surface area contributed by atoms with Gasteiger partial charge in [0.15, 0.2) is 0 Å². The highest BCUT2D eigenvalue weighted by Crippen LogP contribution is 2.18. The molecule has 4 nitrogen and oxygen atoms in total. The Hall–Kier alpha value is -2.41. The summed E-state index contributed by atoms with van der Waals surface area (Å²) >= 11 is 1.41. The highest BCUT2D eigenvalue weighted by atomic mass is 32.2. The Kier molecular flexibility index (Phi) is 9.12. The quantitative estimate of drug-likeness (QED) is 0.628. The second-order valence-electron chi connectivity index (χ2n) is 6.59. The van der Waals surface area contributed by atoms with E-state index < -0.39 is 6.04 Å². The van der Waals surface area contributed by atoms with Crippen molar-refractivity contribution in [3.05, 3.63) is 71.3 Å². The molecule has 0 aliphatic carbocycles. The van der Waals surface area contributed by atoms with E-state index in [9.17, 15) is 18.4 Å². The van der Waals surface area contributed by atoms with Crippen molar-refractivity contribution in [1.29, 1.82) is 0 Å². The largest absolute Gasteiger partial charge is 0.355 e. The molecule has 0 saturated carbocycles. The number of hydrogen-bond acceptors (Lipinski definition) is 3. The number of halogens is 2. The summed E-state index contributed by atoms with van der Waals surface area (Å²) in [5.41, 5.74) is 1.68. The first kappa shape index (κ1) is 22.9. The molecule has 156 valence electrons. The Morgan fingerprint density at radius 1 is 0.966 bits per heavy atom. The molecule has 2 amide bonds. The molecule has 0 heterocycles. The Morgan fingerprint density at radius 3 is 2.03 bits per heavy atom. The number of amides is 2. The maximum absolute atomic E-state index is 13.2. The van der Waals surface area contributed by atoms with Crippen molar-refractivity contribution in [2.45, 2.75) is 38.6 Å². The Bertz CT molecular complexity index is 797. The number of likely N-dealkylation sites (N-methyl/N-ethyl adjacent to an activating group) is 1. The molecule has 0 unspecified atom stereocenters. The predicted molar refractivity (Wildman–Crippen MR) is 112 cm³/mol. The monoisotopic (exact) mass is 420 g/mol. The minimum Gasteiger partial charge on any atom is -0.355 e. The van der Waals surface area contributed by atoms with E-state index in [0.29, 0.717) is 18.7 Å². The fourth-order valence-corrected chi connectivity index (χ4v) is 3.79. The SMILES string of the molecule is CCNC(=O)[C@H](CC)N(Cc1ccc(F)cc1)C(=O)CSCc1ccc(F)cc1. The van der Waals surface area contributed by atoms with Gasteiger partial charge in [0.1, 0.15) is 17.7 Å². The van der Waals surface area contributed by atoms with Crippen LogP contribution in [-0.4, -0.2) is 35.1 Å². The molecule has 0 saturated heterocycles. The lowest BCUT2D eigenvalue weighted by molar-refractivity contribution is -0.139. The van der Waals surface area contributed by atoms with E-state index in [1.165, 1.54) is 36.0 Å². The van der Waals surface area contributed by atoms with Crippen LogP contribution in [0.15, 0.2) is 48.5 Å². The normalized spacial score (nSPS) is 11.7. The predicted octanol–water partition coefficient (Wildman–Crippen LogP) is 4.14. The maximum Gasteiger partial charge on any atom is 0.242 e. The van der Waals surface area contributed by atoms with E-state index >= 15 is 0 Å². The summed E-state index contributed by atoms with van der Waals surface area (Å²) in [5.74, 6) is -0.262. The van der Waals surface area contributed by atoms with Crippen molar-refractivity contribution in [3.8, 4) is 0 Å². The van der Waals surface area contributed by atoms with Crippen LogP contribution in [0.5, 0.6) is 0 Å². The van der Waals surface area contributed by atoms with Gasteiger partial charge in [-0.15, -0.1) is 11.8 Å². The van der Waals surface area contributed by atoms with Crippen molar-refractivity contribution in [2.24, 2.45) is 0 Å². The summed E-state index contributed by atoms with van der Waals surface area (Å²) < 4.78 is 26.2. The number of benzene rings is 2. The average Bonchev–Trinajstić information content (AvgIpc) is 2.71. The van der Waals surface area contributed by atoms with Gasteiger partial charge in [-0.2, -0.15) is 0 Å². The van der Waals surface area contributed by atoms with Crippen LogP contribution >= 0.6 is 11.8 Å². The van der Waals surface area contributed by atoms with Gasteiger partial charge in [-0.1, -0.05) is 31.2 Å². The second kappa shape index (κ2) is 11.6. The average molecular weight is 421 g/mol. The molecule has 7 heteroatoms. The third kappa shape index (κ3) is 7.16. The zero-order valence-corrected chi connectivity index (χ0v) is 17.5. The van der Waals surface area contributed by atoms with Gasteiger partial charge in [-0.3, -0.25) is 9.59 Å². The molecule has 0 bridgehead atoms. The van der Waals surface area contributed by atoms with Crippen LogP contribution < -0.4 is 5.32 Å². The van der Waals surface area contributed by atoms with Gasteiger partial charge in [-0.05, 0) is 48.7 Å². The van der Waals surface area contributed by atoms with E-state index in [-0.39, 0.29) is 35.7 Å². The summed E-state index contributed by atoms with van der Waals surface area (Å²) in [7, 11) is 0. The lowest BCUT2D eigenvalue weighted by atomic mass is 10.1. The Labute approximate surface area is 174 Å². The van der Waals surface area contributed by atoms with Gasteiger partial charge in [0, 0.05) is 18.8 Å². The summed E-state index contributed by atoms with van der Waals surface area (Å²) in [6.45, 7) is 4.39. The van der Waals surface area contributed by atoms with E-state index in [1.807, 2.05) is 13.8 Å². The molecular formula is C22H26F2N2O2S. The van der Waals surface area contributed by atoms with Gasteiger partial charge in [0.05, 0.1) is 5.75 Å². The van der Waals surface area contributed by atoms with E-state index in [2.05, 4.69) is 5.32 Å². The van der Waals surface area contributed by atoms with Crippen LogP contribution in [0.25, 0.3) is 0 Å². The van der Waals surface area contributed by atoms with Crippen LogP contribution in [0.2, 0.25) is 0 Å². The number of thioether (sulfide) groups is 1. The van der Waals surface area contributed by atoms with Crippen LogP contribution in [0.4, 0.5) is 8.78 Å². The zero-order chi connectivity index (χ0) is 21.2. The lowest BCUT2D eigenvalue weighted by Crippen LogP contribution is -2.49. The second-order valence-corrected chi connectivity index (χ2v) is 7.57. The van der Waals surface area contributed by atoms with Crippen LogP contribution in [0.1, 0.15) is 31.4 Å². The van der Waals surface area contributed by atoms with E-state index in [1.54, 1.807) is 29.2 Å². The first-order valence-corrected chi connectivity index (χ1v) is 10.7. The number of rotatable bonds is 10. The number of carbonyl (C=O) groups is 2. The molecule has 0 aliphatic rings. The number of carbonyl (C=O) groups excluding carboxylic acids is 2. The highest BCUT2D eigenvalue weighted by Gasteiger charge is 2.28. The van der Waals surface area contributed by atoms with Gasteiger partial charge >= 0.3 is 0 Å². The number of nitrogens with one attached hydrogen (secondary N) is 1. The molecule has 2 aromatic carbocycles. The first-order chi connectivity index (χ1) is 13.9. The fraction of sp³-hybridized carbons (Fsp3) is 0.364. The summed E-state index contributed by atoms with van der Waals surface area (Å²) in [6.07, 6.45) is 0.474. The first-order valence-electron chi connectivity index (χ1n) is 9.58. The maximum atomic E-state index is 13.2. The summed E-state index contributed by atoms with van der Waals surface area (Å²) in [4.78, 5) is 27.0. The molecule has 2 rings (SSSR count). The molecule has 0 aromatic heterocycles. The molecule has 1 atom stereocenters. The summed E-state index contributed by atoms with van der Waals surface area (Å²) in [6, 6.07) is 11.5. The molecule has 0 aliphatic heterocycles. The summed E-state index contributed by atoms with van der Waals surface area (Å²) in [5, 5.41) is 2.78. The Morgan fingerprint density at radius 2 is 1.52 bits per heavy atom. The third-order valence-electron chi connectivity index (χ3n) is 4.41. The zero-order valence-electron chi connectivity index (χ0n) is 16.7. The van der Waals surface area contributed by atoms with Crippen molar-refractivity contribution in [2.75, 3.05) is 12.3 Å². The van der Waals surface area contributed by atoms with Gasteiger partial charge in [-0.25, -0.2) is 8.78 Å². The fourth-order valence-electron chi connectivity index (χ4n) is 2.92. The molecular weight excluding hydrogens is 394 g/mol. The van der Waals surface area contributed by atoms with Gasteiger partial charge in [0.2, 0.25) is 11.8 Å². The van der Waals surface area contributed by atoms with Gasteiger partial charge in [0.25, 0.3) is 0 Å². The molecule has 2 aromatic rings. The van der Waals surface area contributed by atoms with Crippen LogP contribution in [-0.2, 0) is 21.9 Å². The van der Waals surface area contributed by atoms with Crippen molar-refractivity contribution < 1.29 is 18.4 Å². The van der Waals surface area contributed by atoms with Crippen molar-refractivity contribution >= 4 is 23.6 Å². The molecule has 0 fully saturated rings. The minimum absolute atomic E-state index is 0.167. The van der Waals surface area contributed by atoms with Crippen molar-refractivity contribution in [3.63, 3.8) is 0 Å². The smallest absolute Gasteiger partial charge is 0.242 e. The number of nitrogens with zero attached hydrogens (tertiary/aromatic N) is 1. The lowest BCUT2D eigenvalue weighted by Gasteiger charge is -2.30. The minimum atomic E-state index is -0.598. The third-order valence-corrected chi connectivity index (χ3v) is 5.40. The molecule has 1 N–H and O–H groups in total. The standard InChI is InChI=1S/C22H26F2N2O2S/c1-3-20(22(28)25-4-2)26(13-16-5-9-18(23)10-6-16)21(27)15-29-14-17-7-11-19(24)12-8-17/h5-12,20H,3-4,13-15H2,1-2H3,(H,25,28)/t20-/m0/s1. The highest BCUT2D eigenvalue weighted by molar-refractivity contribution is 7.99. The number of hydrogen-bond donors (Lipinski definition) is 1. The van der Waals surface area contributed by atoms with E-state index in [4.69, 9.17) is 0 Å². The van der Waals surface area contributed by atoms with Crippen LogP contribution in [0.3, 0.4) is 0 Å². The molecule has 0 radical (unpaired) electrons. The van der Waals surface area contributed by atoms with Crippen LogP contribution in [0, 0.1) is 11.6 Å². The molecule has 0 spiro atoms. The van der Waals surface area contributed by atoms with E-state index in [0.717, 1.165) is 11.1 Å².